The van der Waals surface area contributed by atoms with Gasteiger partial charge >= 0.3 is 0 Å². The van der Waals surface area contributed by atoms with Crippen molar-refractivity contribution in [1.82, 2.24) is 0 Å². The first-order valence-corrected chi connectivity index (χ1v) is 8.90. The Bertz CT molecular complexity index is 651. The van der Waals surface area contributed by atoms with E-state index in [1.165, 1.54) is 6.07 Å². The first-order chi connectivity index (χ1) is 10.0. The van der Waals surface area contributed by atoms with E-state index in [1.54, 1.807) is 23.6 Å². The van der Waals surface area contributed by atoms with Crippen LogP contribution >= 0.6 is 11.3 Å². The molecule has 5 nitrogen and oxygen atoms in total. The zero-order chi connectivity index (χ0) is 15.3. The van der Waals surface area contributed by atoms with Gasteiger partial charge in [0.25, 0.3) is 0 Å². The second-order valence-electron chi connectivity index (χ2n) is 4.53. The van der Waals surface area contributed by atoms with E-state index in [2.05, 4.69) is 0 Å². The SMILES string of the molecule is NCc1ccc(OCC(O)CS(=O)(=O)c2cccs2)cc1. The van der Waals surface area contributed by atoms with E-state index in [0.717, 1.165) is 16.9 Å². The van der Waals surface area contributed by atoms with E-state index in [4.69, 9.17) is 10.5 Å². The highest BCUT2D eigenvalue weighted by Gasteiger charge is 2.21. The Morgan fingerprint density at radius 3 is 2.52 bits per heavy atom. The number of hydrogen-bond donors (Lipinski definition) is 2. The summed E-state index contributed by atoms with van der Waals surface area (Å²) in [6.45, 7) is 0.370. The number of nitrogens with two attached hydrogens (primary N) is 1. The number of sulfone groups is 1. The summed E-state index contributed by atoms with van der Waals surface area (Å²) in [5.41, 5.74) is 6.47. The van der Waals surface area contributed by atoms with Gasteiger partial charge < -0.3 is 15.6 Å². The van der Waals surface area contributed by atoms with Gasteiger partial charge in [0.2, 0.25) is 0 Å². The molecule has 0 spiro atoms. The minimum Gasteiger partial charge on any atom is -0.491 e. The van der Waals surface area contributed by atoms with Crippen LogP contribution in [0, 0.1) is 0 Å². The van der Waals surface area contributed by atoms with Crippen molar-refractivity contribution < 1.29 is 18.3 Å². The lowest BCUT2D eigenvalue weighted by Gasteiger charge is -2.12. The first kappa shape index (κ1) is 16.0. The Hall–Kier alpha value is -1.41. The number of aliphatic hydroxyl groups excluding tert-OH is 1. The highest BCUT2D eigenvalue weighted by molar-refractivity contribution is 7.93. The predicted octanol–water partition coefficient (Wildman–Crippen LogP) is 1.42. The average Bonchev–Trinajstić information content (AvgIpc) is 3.00. The van der Waals surface area contributed by atoms with Gasteiger partial charge in [0.05, 0.1) is 5.75 Å². The van der Waals surface area contributed by atoms with E-state index in [0.29, 0.717) is 12.3 Å². The zero-order valence-corrected chi connectivity index (χ0v) is 12.9. The number of ether oxygens (including phenoxy) is 1. The van der Waals surface area contributed by atoms with Crippen LogP contribution in [0.1, 0.15) is 5.56 Å². The molecule has 2 rings (SSSR count). The van der Waals surface area contributed by atoms with Gasteiger partial charge in [0.1, 0.15) is 22.7 Å². The van der Waals surface area contributed by atoms with Gasteiger partial charge in [0, 0.05) is 6.54 Å². The van der Waals surface area contributed by atoms with E-state index in [1.807, 2.05) is 12.1 Å². The molecule has 1 heterocycles. The largest absolute Gasteiger partial charge is 0.491 e. The molecular weight excluding hydrogens is 310 g/mol. The van der Waals surface area contributed by atoms with Crippen LogP contribution < -0.4 is 10.5 Å². The van der Waals surface area contributed by atoms with Crippen molar-refractivity contribution in [3.63, 3.8) is 0 Å². The fourth-order valence-corrected chi connectivity index (χ4v) is 4.20. The number of thiophene rings is 1. The molecule has 0 aliphatic carbocycles. The Morgan fingerprint density at radius 1 is 1.24 bits per heavy atom. The van der Waals surface area contributed by atoms with Crippen LogP contribution in [0.5, 0.6) is 5.75 Å². The molecule has 1 atom stereocenters. The van der Waals surface area contributed by atoms with E-state index >= 15 is 0 Å². The van der Waals surface area contributed by atoms with Gasteiger partial charge in [-0.05, 0) is 29.1 Å². The van der Waals surface area contributed by atoms with Gasteiger partial charge in [-0.1, -0.05) is 18.2 Å². The molecule has 0 aliphatic heterocycles. The summed E-state index contributed by atoms with van der Waals surface area (Å²) < 4.78 is 29.6. The smallest absolute Gasteiger partial charge is 0.190 e. The average molecular weight is 327 g/mol. The number of benzene rings is 1. The molecule has 2 aromatic rings. The topological polar surface area (TPSA) is 89.6 Å². The standard InChI is InChI=1S/C14H17NO4S2/c15-8-11-3-5-13(6-4-11)19-9-12(16)10-21(17,18)14-2-1-7-20-14/h1-7,12,16H,8-10,15H2. The summed E-state index contributed by atoms with van der Waals surface area (Å²) >= 11 is 1.14. The lowest BCUT2D eigenvalue weighted by Crippen LogP contribution is -2.26. The Balaban J connectivity index is 1.88. The zero-order valence-electron chi connectivity index (χ0n) is 11.3. The molecule has 21 heavy (non-hydrogen) atoms. The lowest BCUT2D eigenvalue weighted by molar-refractivity contribution is 0.125. The Morgan fingerprint density at radius 2 is 1.95 bits per heavy atom. The van der Waals surface area contributed by atoms with Gasteiger partial charge in [-0.3, -0.25) is 0 Å². The van der Waals surface area contributed by atoms with Crippen molar-refractivity contribution in [1.29, 1.82) is 0 Å². The van der Waals surface area contributed by atoms with Gasteiger partial charge in [-0.2, -0.15) is 0 Å². The molecule has 7 heteroatoms. The summed E-state index contributed by atoms with van der Waals surface area (Å²) in [5.74, 6) is 0.216. The van der Waals surface area contributed by atoms with E-state index in [9.17, 15) is 13.5 Å². The normalized spacial score (nSPS) is 13.0. The highest BCUT2D eigenvalue weighted by atomic mass is 32.2. The molecule has 1 aromatic heterocycles. The summed E-state index contributed by atoms with van der Waals surface area (Å²) in [5, 5.41) is 11.5. The summed E-state index contributed by atoms with van der Waals surface area (Å²) in [6, 6.07) is 10.3. The molecule has 3 N–H and O–H groups in total. The van der Waals surface area contributed by atoms with Gasteiger partial charge in [-0.25, -0.2) is 8.42 Å². The summed E-state index contributed by atoms with van der Waals surface area (Å²) in [7, 11) is -3.46. The minimum atomic E-state index is -3.46. The fraction of sp³-hybridized carbons (Fsp3) is 0.286. The second-order valence-corrected chi connectivity index (χ2v) is 7.74. The molecule has 1 unspecified atom stereocenters. The van der Waals surface area contributed by atoms with Crippen molar-refractivity contribution in [2.75, 3.05) is 12.4 Å². The van der Waals surface area contributed by atoms with Crippen molar-refractivity contribution in [2.45, 2.75) is 16.9 Å². The molecule has 1 aromatic carbocycles. The van der Waals surface area contributed by atoms with Crippen LogP contribution in [-0.4, -0.2) is 32.0 Å². The third kappa shape index (κ3) is 4.53. The molecule has 0 radical (unpaired) electrons. The lowest BCUT2D eigenvalue weighted by atomic mass is 10.2. The Kier molecular flexibility index (Phi) is 5.35. The summed E-state index contributed by atoms with van der Waals surface area (Å²) in [6.07, 6.45) is -1.08. The Labute approximate surface area is 127 Å². The van der Waals surface area contributed by atoms with Crippen molar-refractivity contribution >= 4 is 21.2 Å². The van der Waals surface area contributed by atoms with Crippen LogP contribution in [0.3, 0.4) is 0 Å². The molecule has 114 valence electrons. The van der Waals surface area contributed by atoms with Crippen LogP contribution in [-0.2, 0) is 16.4 Å². The van der Waals surface area contributed by atoms with E-state index < -0.39 is 15.9 Å². The van der Waals surface area contributed by atoms with Crippen molar-refractivity contribution in [3.05, 3.63) is 47.3 Å². The minimum absolute atomic E-state index is 0.0768. The van der Waals surface area contributed by atoms with Crippen molar-refractivity contribution in [3.8, 4) is 5.75 Å². The number of hydrogen-bond acceptors (Lipinski definition) is 6. The fourth-order valence-electron chi connectivity index (χ4n) is 1.74. The molecule has 0 aliphatic rings. The van der Waals surface area contributed by atoms with Crippen LogP contribution in [0.25, 0.3) is 0 Å². The maximum Gasteiger partial charge on any atom is 0.190 e. The van der Waals surface area contributed by atoms with Gasteiger partial charge in [-0.15, -0.1) is 11.3 Å². The molecule has 0 saturated carbocycles. The molecule has 0 bridgehead atoms. The van der Waals surface area contributed by atoms with Crippen LogP contribution in [0.15, 0.2) is 46.0 Å². The van der Waals surface area contributed by atoms with Gasteiger partial charge in [0.15, 0.2) is 9.84 Å². The highest BCUT2D eigenvalue weighted by Crippen LogP contribution is 2.18. The maximum atomic E-state index is 12.0. The molecular formula is C14H17NO4S2. The molecule has 0 fully saturated rings. The summed E-state index contributed by atoms with van der Waals surface area (Å²) in [4.78, 5) is 0. The van der Waals surface area contributed by atoms with E-state index in [-0.39, 0.29) is 16.6 Å². The third-order valence-corrected chi connectivity index (χ3v) is 6.10. The number of aliphatic hydroxyl groups is 1. The van der Waals surface area contributed by atoms with Crippen LogP contribution in [0.2, 0.25) is 0 Å². The predicted molar refractivity (Wildman–Crippen MR) is 82.2 cm³/mol. The van der Waals surface area contributed by atoms with Crippen molar-refractivity contribution in [2.24, 2.45) is 5.73 Å². The monoisotopic (exact) mass is 327 g/mol. The number of rotatable bonds is 7. The maximum absolute atomic E-state index is 12.0. The first-order valence-electron chi connectivity index (χ1n) is 6.37. The quantitative estimate of drug-likeness (QED) is 0.803. The molecule has 0 saturated heterocycles. The molecule has 0 amide bonds. The second kappa shape index (κ2) is 7.04. The third-order valence-electron chi connectivity index (χ3n) is 2.81. The van der Waals surface area contributed by atoms with Crippen LogP contribution in [0.4, 0.5) is 0 Å².